The maximum Gasteiger partial charge on any atom is 0.327 e. The van der Waals surface area contributed by atoms with Gasteiger partial charge in [0.2, 0.25) is 5.82 Å². The molecule has 0 aliphatic heterocycles. The van der Waals surface area contributed by atoms with Crippen molar-refractivity contribution < 1.29 is 19.7 Å². The van der Waals surface area contributed by atoms with Crippen LogP contribution in [0.15, 0.2) is 18.2 Å². The van der Waals surface area contributed by atoms with Crippen molar-refractivity contribution in [3.8, 4) is 22.9 Å². The number of carboxylic acids is 1. The molecule has 1 heterocycles. The van der Waals surface area contributed by atoms with E-state index in [9.17, 15) is 9.90 Å². The number of tetrazole rings is 1. The fourth-order valence-electron chi connectivity index (χ4n) is 1.36. The third kappa shape index (κ3) is 2.37. The summed E-state index contributed by atoms with van der Waals surface area (Å²) in [7, 11) is 1.42. The third-order valence-corrected chi connectivity index (χ3v) is 2.17. The third-order valence-electron chi connectivity index (χ3n) is 2.17. The van der Waals surface area contributed by atoms with Crippen molar-refractivity contribution in [2.45, 2.75) is 6.54 Å². The number of ether oxygens (including phenoxy) is 1. The SMILES string of the molecule is COc1cc(-c2nnn(CC(=O)O)n2)ccc1O. The van der Waals surface area contributed by atoms with Crippen LogP contribution in [-0.2, 0) is 11.3 Å². The Kier molecular flexibility index (Phi) is 3.09. The number of benzene rings is 1. The molecule has 0 amide bonds. The minimum absolute atomic E-state index is 0.000761. The normalized spacial score (nSPS) is 10.3. The first-order chi connectivity index (χ1) is 8.60. The maximum absolute atomic E-state index is 10.5. The number of aromatic nitrogens is 4. The molecule has 8 nitrogen and oxygen atoms in total. The number of carboxylic acid groups (broad SMARTS) is 1. The van der Waals surface area contributed by atoms with Gasteiger partial charge in [-0.2, -0.15) is 4.80 Å². The zero-order valence-corrected chi connectivity index (χ0v) is 9.44. The first kappa shape index (κ1) is 11.8. The van der Waals surface area contributed by atoms with Crippen LogP contribution in [0, 0.1) is 0 Å². The van der Waals surface area contributed by atoms with Crippen molar-refractivity contribution in [3.63, 3.8) is 0 Å². The van der Waals surface area contributed by atoms with E-state index in [0.29, 0.717) is 5.56 Å². The number of methoxy groups -OCH3 is 1. The number of hydrogen-bond acceptors (Lipinski definition) is 6. The summed E-state index contributed by atoms with van der Waals surface area (Å²) < 4.78 is 4.95. The molecule has 0 unspecified atom stereocenters. The van der Waals surface area contributed by atoms with E-state index in [0.717, 1.165) is 4.80 Å². The van der Waals surface area contributed by atoms with Gasteiger partial charge >= 0.3 is 5.97 Å². The number of hydrogen-bond donors (Lipinski definition) is 2. The van der Waals surface area contributed by atoms with Gasteiger partial charge in [0.15, 0.2) is 18.0 Å². The monoisotopic (exact) mass is 250 g/mol. The average molecular weight is 250 g/mol. The fourth-order valence-corrected chi connectivity index (χ4v) is 1.36. The summed E-state index contributed by atoms with van der Waals surface area (Å²) in [5, 5.41) is 29.3. The molecule has 2 aromatic rings. The lowest BCUT2D eigenvalue weighted by molar-refractivity contribution is -0.138. The van der Waals surface area contributed by atoms with Crippen LogP contribution >= 0.6 is 0 Å². The summed E-state index contributed by atoms with van der Waals surface area (Å²) >= 11 is 0. The number of aliphatic carboxylic acids is 1. The number of rotatable bonds is 4. The lowest BCUT2D eigenvalue weighted by atomic mass is 10.2. The Morgan fingerprint density at radius 1 is 1.50 bits per heavy atom. The molecule has 18 heavy (non-hydrogen) atoms. The number of carbonyl (C=O) groups is 1. The Morgan fingerprint density at radius 2 is 2.28 bits per heavy atom. The van der Waals surface area contributed by atoms with Crippen LogP contribution in [0.2, 0.25) is 0 Å². The maximum atomic E-state index is 10.5. The second-order valence-corrected chi connectivity index (χ2v) is 3.42. The van der Waals surface area contributed by atoms with E-state index >= 15 is 0 Å². The van der Waals surface area contributed by atoms with Crippen molar-refractivity contribution in [3.05, 3.63) is 18.2 Å². The lowest BCUT2D eigenvalue weighted by Crippen LogP contribution is -2.11. The van der Waals surface area contributed by atoms with Crippen LogP contribution in [0.3, 0.4) is 0 Å². The van der Waals surface area contributed by atoms with Crippen molar-refractivity contribution in [2.24, 2.45) is 0 Å². The molecule has 0 saturated heterocycles. The molecule has 0 fully saturated rings. The molecule has 8 heteroatoms. The summed E-state index contributed by atoms with van der Waals surface area (Å²) in [5.74, 6) is -0.516. The van der Waals surface area contributed by atoms with E-state index < -0.39 is 5.97 Å². The molecule has 94 valence electrons. The molecule has 0 spiro atoms. The molecule has 2 rings (SSSR count). The summed E-state index contributed by atoms with van der Waals surface area (Å²) in [5.41, 5.74) is 0.571. The quantitative estimate of drug-likeness (QED) is 0.793. The molecule has 0 atom stereocenters. The highest BCUT2D eigenvalue weighted by molar-refractivity contribution is 5.66. The molecule has 0 radical (unpaired) electrons. The van der Waals surface area contributed by atoms with E-state index in [1.807, 2.05) is 0 Å². The van der Waals surface area contributed by atoms with Crippen LogP contribution in [0.4, 0.5) is 0 Å². The number of phenolic OH excluding ortho intramolecular Hbond substituents is 1. The van der Waals surface area contributed by atoms with Crippen LogP contribution in [0.1, 0.15) is 0 Å². The first-order valence-electron chi connectivity index (χ1n) is 4.97. The molecular weight excluding hydrogens is 240 g/mol. The molecule has 0 saturated carbocycles. The highest BCUT2D eigenvalue weighted by Gasteiger charge is 2.10. The smallest absolute Gasteiger partial charge is 0.327 e. The van der Waals surface area contributed by atoms with E-state index in [4.69, 9.17) is 9.84 Å². The van der Waals surface area contributed by atoms with Gasteiger partial charge in [-0.1, -0.05) is 0 Å². The number of phenols is 1. The van der Waals surface area contributed by atoms with Gasteiger partial charge < -0.3 is 14.9 Å². The van der Waals surface area contributed by atoms with Gasteiger partial charge in [0, 0.05) is 5.56 Å². The Labute approximate surface area is 101 Å². The topological polar surface area (TPSA) is 110 Å². The first-order valence-corrected chi connectivity index (χ1v) is 4.97. The van der Waals surface area contributed by atoms with Gasteiger partial charge in [-0.25, -0.2) is 0 Å². The number of aromatic hydroxyl groups is 1. The lowest BCUT2D eigenvalue weighted by Gasteiger charge is -2.03. The molecule has 0 aliphatic carbocycles. The predicted octanol–water partition coefficient (Wildman–Crippen LogP) is 0.139. The molecular formula is C10H10N4O4. The predicted molar refractivity (Wildman–Crippen MR) is 59.1 cm³/mol. The Morgan fingerprint density at radius 3 is 2.94 bits per heavy atom. The zero-order chi connectivity index (χ0) is 13.1. The van der Waals surface area contributed by atoms with Gasteiger partial charge in [0.1, 0.15) is 0 Å². The van der Waals surface area contributed by atoms with Crippen molar-refractivity contribution in [2.75, 3.05) is 7.11 Å². The Bertz CT molecular complexity index is 581. The minimum atomic E-state index is -1.05. The van der Waals surface area contributed by atoms with Gasteiger partial charge in [0.25, 0.3) is 0 Å². The summed E-state index contributed by atoms with van der Waals surface area (Å²) in [6.07, 6.45) is 0. The van der Waals surface area contributed by atoms with Crippen LogP contribution in [0.5, 0.6) is 11.5 Å². The second-order valence-electron chi connectivity index (χ2n) is 3.42. The standard InChI is InChI=1S/C10H10N4O4/c1-18-8-4-6(2-3-7(8)15)10-11-13-14(12-10)5-9(16)17/h2-4,15H,5H2,1H3,(H,16,17). The van der Waals surface area contributed by atoms with Gasteiger partial charge in [-0.15, -0.1) is 10.2 Å². The Hall–Kier alpha value is -2.64. The van der Waals surface area contributed by atoms with E-state index in [2.05, 4.69) is 15.4 Å². The van der Waals surface area contributed by atoms with Gasteiger partial charge in [-0.05, 0) is 23.4 Å². The van der Waals surface area contributed by atoms with Gasteiger partial charge in [-0.3, -0.25) is 4.79 Å². The minimum Gasteiger partial charge on any atom is -0.504 e. The van der Waals surface area contributed by atoms with Crippen LogP contribution in [0.25, 0.3) is 11.4 Å². The Balaban J connectivity index is 2.31. The van der Waals surface area contributed by atoms with Crippen LogP contribution in [-0.4, -0.2) is 43.5 Å². The van der Waals surface area contributed by atoms with Crippen molar-refractivity contribution >= 4 is 5.97 Å². The second kappa shape index (κ2) is 4.70. The molecule has 1 aromatic carbocycles. The molecule has 0 aliphatic rings. The zero-order valence-electron chi connectivity index (χ0n) is 9.44. The largest absolute Gasteiger partial charge is 0.504 e. The molecule has 1 aromatic heterocycles. The fraction of sp³-hybridized carbons (Fsp3) is 0.200. The molecule has 0 bridgehead atoms. The average Bonchev–Trinajstić information content (AvgIpc) is 2.77. The van der Waals surface area contributed by atoms with Crippen LogP contribution < -0.4 is 4.74 Å². The van der Waals surface area contributed by atoms with E-state index in [1.54, 1.807) is 6.07 Å². The summed E-state index contributed by atoms with van der Waals surface area (Å²) in [6.45, 7) is -0.359. The molecule has 2 N–H and O–H groups in total. The van der Waals surface area contributed by atoms with E-state index in [-0.39, 0.29) is 23.9 Å². The highest BCUT2D eigenvalue weighted by Crippen LogP contribution is 2.29. The van der Waals surface area contributed by atoms with E-state index in [1.165, 1.54) is 19.2 Å². The van der Waals surface area contributed by atoms with Crippen molar-refractivity contribution in [1.82, 2.24) is 20.2 Å². The van der Waals surface area contributed by atoms with Gasteiger partial charge in [0.05, 0.1) is 7.11 Å². The summed E-state index contributed by atoms with van der Waals surface area (Å²) in [6, 6.07) is 4.56. The van der Waals surface area contributed by atoms with Crippen molar-refractivity contribution in [1.29, 1.82) is 0 Å². The number of nitrogens with zero attached hydrogens (tertiary/aromatic N) is 4. The summed E-state index contributed by atoms with van der Waals surface area (Å²) in [4.78, 5) is 11.4. The highest BCUT2D eigenvalue weighted by atomic mass is 16.5.